The van der Waals surface area contributed by atoms with E-state index in [9.17, 15) is 8.60 Å². The van der Waals surface area contributed by atoms with Gasteiger partial charge in [-0.1, -0.05) is 63.2 Å². The van der Waals surface area contributed by atoms with E-state index in [-0.39, 0.29) is 16.6 Å². The van der Waals surface area contributed by atoms with E-state index in [4.69, 9.17) is 10.7 Å². The van der Waals surface area contributed by atoms with E-state index in [0.29, 0.717) is 5.92 Å². The lowest BCUT2D eigenvalue weighted by Crippen LogP contribution is -2.53. The summed E-state index contributed by atoms with van der Waals surface area (Å²) >= 11 is 0. The van der Waals surface area contributed by atoms with E-state index in [0.717, 1.165) is 60.6 Å². The van der Waals surface area contributed by atoms with Crippen LogP contribution in [0, 0.1) is 17.2 Å². The van der Waals surface area contributed by atoms with E-state index in [1.165, 1.54) is 23.3 Å². The molecule has 2 aliphatic rings. The first kappa shape index (κ1) is 27.5. The highest BCUT2D eigenvalue weighted by Crippen LogP contribution is 2.50. The molecule has 1 aliphatic heterocycles. The van der Waals surface area contributed by atoms with Crippen LogP contribution in [0.5, 0.6) is 0 Å². The summed E-state index contributed by atoms with van der Waals surface area (Å²) < 4.78 is 29.5. The lowest BCUT2D eigenvalue weighted by Gasteiger charge is -2.51. The molecule has 3 aromatic carbocycles. The Balaban J connectivity index is 1.45. The smallest absolute Gasteiger partial charge is 0.127 e. The Morgan fingerprint density at radius 3 is 2.38 bits per heavy atom. The largest absolute Gasteiger partial charge is 0.404 e. The summed E-state index contributed by atoms with van der Waals surface area (Å²) in [5, 5.41) is 0. The molecule has 0 radical (unpaired) electrons. The van der Waals surface area contributed by atoms with E-state index in [2.05, 4.69) is 61.5 Å². The Morgan fingerprint density at radius 1 is 1.05 bits per heavy atom. The Kier molecular flexibility index (Phi) is 7.88. The second kappa shape index (κ2) is 11.2. The summed E-state index contributed by atoms with van der Waals surface area (Å²) in [6.07, 6.45) is 5.06. The highest BCUT2D eigenvalue weighted by Gasteiger charge is 2.48. The highest BCUT2D eigenvalue weighted by molar-refractivity contribution is 7.82. The normalized spacial score (nSPS) is 25.0. The predicted octanol–water partition coefficient (Wildman–Crippen LogP) is 7.11. The van der Waals surface area contributed by atoms with Crippen molar-refractivity contribution in [3.63, 3.8) is 0 Å². The molecule has 6 heteroatoms. The van der Waals surface area contributed by atoms with E-state index in [1.54, 1.807) is 18.3 Å². The zero-order valence-corrected chi connectivity index (χ0v) is 23.9. The molecule has 39 heavy (non-hydrogen) atoms. The van der Waals surface area contributed by atoms with E-state index < -0.39 is 11.0 Å². The first-order valence-electron chi connectivity index (χ1n) is 13.7. The minimum absolute atomic E-state index is 0.0539. The molecule has 2 N–H and O–H groups in total. The lowest BCUT2D eigenvalue weighted by molar-refractivity contribution is 0.0672. The van der Waals surface area contributed by atoms with Gasteiger partial charge in [0.25, 0.3) is 0 Å². The van der Waals surface area contributed by atoms with Crippen LogP contribution in [0.1, 0.15) is 51.2 Å². The maximum atomic E-state index is 13.9. The molecule has 0 amide bonds. The number of rotatable bonds is 5. The molecule has 1 heterocycles. The van der Waals surface area contributed by atoms with Crippen molar-refractivity contribution >= 4 is 22.4 Å². The van der Waals surface area contributed by atoms with Gasteiger partial charge in [-0.15, -0.1) is 0 Å². The first-order chi connectivity index (χ1) is 18.7. The molecule has 3 unspecified atom stereocenters. The van der Waals surface area contributed by atoms with Crippen molar-refractivity contribution in [2.24, 2.45) is 22.1 Å². The molecule has 1 saturated heterocycles. The predicted molar refractivity (Wildman–Crippen MR) is 159 cm³/mol. The maximum absolute atomic E-state index is 13.9. The fourth-order valence-corrected chi connectivity index (χ4v) is 7.41. The molecule has 0 spiro atoms. The number of allylic oxidation sites excluding steroid dienone is 1. The van der Waals surface area contributed by atoms with Crippen molar-refractivity contribution in [1.82, 2.24) is 4.31 Å². The third-order valence-electron chi connectivity index (χ3n) is 8.28. The number of nitrogens with two attached hydrogens (primary N) is 1. The van der Waals surface area contributed by atoms with Gasteiger partial charge in [0.2, 0.25) is 0 Å². The second-order valence-corrected chi connectivity index (χ2v) is 13.5. The summed E-state index contributed by atoms with van der Waals surface area (Å²) in [5.41, 5.74) is 11.4. The van der Waals surface area contributed by atoms with Crippen molar-refractivity contribution in [2.45, 2.75) is 56.8 Å². The Morgan fingerprint density at radius 2 is 1.74 bits per heavy atom. The summed E-state index contributed by atoms with van der Waals surface area (Å²) in [7, 11) is -1.24. The standard InChI is InChI=1S/C33H38FN3OS/c1-32(2,3)26-9-15-30(16-10-26)39(38)37-18-17-27-19-31(36-29-13-11-28(34)12-14-29)25(22-35)21-33(27,23-37)20-24-7-5-4-6-8-24/h4-16,22,27H,17-21,23,35H2,1-3H3. The molecular weight excluding hydrogens is 505 g/mol. The number of halogens is 1. The van der Waals surface area contributed by atoms with Crippen LogP contribution in [0.2, 0.25) is 0 Å². The van der Waals surface area contributed by atoms with Gasteiger partial charge in [-0.25, -0.2) is 12.9 Å². The lowest BCUT2D eigenvalue weighted by atomic mass is 9.59. The summed E-state index contributed by atoms with van der Waals surface area (Å²) in [4.78, 5) is 5.75. The molecule has 3 atom stereocenters. The monoisotopic (exact) mass is 543 g/mol. The molecule has 1 aliphatic carbocycles. The van der Waals surface area contributed by atoms with Gasteiger partial charge < -0.3 is 5.73 Å². The van der Waals surface area contributed by atoms with Gasteiger partial charge in [0.15, 0.2) is 0 Å². The number of piperidine rings is 1. The van der Waals surface area contributed by atoms with Crippen molar-refractivity contribution in [1.29, 1.82) is 0 Å². The van der Waals surface area contributed by atoms with Crippen LogP contribution in [0.3, 0.4) is 0 Å². The van der Waals surface area contributed by atoms with Crippen LogP contribution in [0.25, 0.3) is 0 Å². The van der Waals surface area contributed by atoms with Crippen LogP contribution < -0.4 is 5.73 Å². The topological polar surface area (TPSA) is 58.7 Å². The zero-order chi connectivity index (χ0) is 27.6. The average Bonchev–Trinajstić information content (AvgIpc) is 2.93. The molecule has 3 aromatic rings. The van der Waals surface area contributed by atoms with Gasteiger partial charge in [0.05, 0.1) is 10.6 Å². The zero-order valence-electron chi connectivity index (χ0n) is 23.1. The third kappa shape index (κ3) is 6.07. The number of hydrogen-bond donors (Lipinski definition) is 1. The van der Waals surface area contributed by atoms with Crippen molar-refractivity contribution < 1.29 is 8.60 Å². The van der Waals surface area contributed by atoms with E-state index >= 15 is 0 Å². The van der Waals surface area contributed by atoms with Gasteiger partial charge in [0.1, 0.15) is 16.8 Å². The molecule has 4 nitrogen and oxygen atoms in total. The van der Waals surface area contributed by atoms with Crippen molar-refractivity contribution in [3.8, 4) is 0 Å². The average molecular weight is 544 g/mol. The van der Waals surface area contributed by atoms with Gasteiger partial charge >= 0.3 is 0 Å². The fourth-order valence-electron chi connectivity index (χ4n) is 6.10. The van der Waals surface area contributed by atoms with E-state index in [1.807, 2.05) is 18.2 Å². The second-order valence-electron chi connectivity index (χ2n) is 12.0. The molecule has 5 rings (SSSR count). The SMILES string of the molecule is CC(C)(C)c1ccc(S(=O)N2CCC3CC(=Nc4ccc(F)cc4)C(=CN)CC3(Cc3ccccc3)C2)cc1. The van der Waals surface area contributed by atoms with Crippen LogP contribution in [0.15, 0.2) is 101 Å². The molecule has 1 saturated carbocycles. The quantitative estimate of drug-likeness (QED) is 0.373. The van der Waals surface area contributed by atoms with Gasteiger partial charge in [-0.05, 0) is 102 Å². The minimum atomic E-state index is -1.24. The molecule has 0 aromatic heterocycles. The minimum Gasteiger partial charge on any atom is -0.404 e. The van der Waals surface area contributed by atoms with Crippen LogP contribution in [-0.2, 0) is 22.8 Å². The van der Waals surface area contributed by atoms with Gasteiger partial charge in [-0.3, -0.25) is 4.99 Å². The number of aliphatic imine (C=N–C) groups is 1. The number of fused-ring (bicyclic) bond motifs is 1. The van der Waals surface area contributed by atoms with Crippen LogP contribution in [0.4, 0.5) is 10.1 Å². The number of nitrogens with zero attached hydrogens (tertiary/aromatic N) is 2. The summed E-state index contributed by atoms with van der Waals surface area (Å²) in [6, 6.07) is 25.1. The van der Waals surface area contributed by atoms with Gasteiger partial charge in [0, 0.05) is 18.8 Å². The highest BCUT2D eigenvalue weighted by atomic mass is 32.2. The van der Waals surface area contributed by atoms with Gasteiger partial charge in [-0.2, -0.15) is 0 Å². The number of hydrogen-bond acceptors (Lipinski definition) is 3. The maximum Gasteiger partial charge on any atom is 0.127 e. The molecule has 204 valence electrons. The van der Waals surface area contributed by atoms with Crippen molar-refractivity contribution in [3.05, 3.63) is 108 Å². The molecule has 0 bridgehead atoms. The number of benzene rings is 3. The van der Waals surface area contributed by atoms with Crippen LogP contribution in [-0.4, -0.2) is 27.3 Å². The molecular formula is C33H38FN3OS. The Labute approximate surface area is 234 Å². The Bertz CT molecular complexity index is 1380. The van der Waals surface area contributed by atoms with Crippen molar-refractivity contribution in [2.75, 3.05) is 13.1 Å². The summed E-state index contributed by atoms with van der Waals surface area (Å²) in [5.74, 6) is 0.101. The molecule has 2 fully saturated rings. The summed E-state index contributed by atoms with van der Waals surface area (Å²) in [6.45, 7) is 8.06. The van der Waals surface area contributed by atoms with Crippen LogP contribution >= 0.6 is 0 Å². The fraction of sp³-hybridized carbons (Fsp3) is 0.364. The first-order valence-corrected chi connectivity index (χ1v) is 14.8. The Hall–Kier alpha value is -3.09. The third-order valence-corrected chi connectivity index (χ3v) is 9.74.